The van der Waals surface area contributed by atoms with Crippen molar-refractivity contribution in [2.45, 2.75) is 60.8 Å². The van der Waals surface area contributed by atoms with Gasteiger partial charge >= 0.3 is 29.8 Å². The first-order chi connectivity index (χ1) is 17.9. The van der Waals surface area contributed by atoms with Crippen LogP contribution in [-0.4, -0.2) is 63.4 Å². The molecule has 0 aromatic heterocycles. The van der Waals surface area contributed by atoms with Gasteiger partial charge in [-0.3, -0.25) is 0 Å². The molecule has 0 N–H and O–H groups in total. The molecule has 0 saturated heterocycles. The summed E-state index contributed by atoms with van der Waals surface area (Å²) >= 11 is 0. The van der Waals surface area contributed by atoms with Crippen LogP contribution in [0, 0.1) is 0 Å². The third-order valence-electron chi connectivity index (χ3n) is 3.43. The highest BCUT2D eigenvalue weighted by molar-refractivity contribution is 5.87. The van der Waals surface area contributed by atoms with E-state index in [1.807, 2.05) is 6.92 Å². The quantitative estimate of drug-likeness (QED) is 0.121. The molecule has 0 fully saturated rings. The van der Waals surface area contributed by atoms with E-state index < -0.39 is 11.9 Å². The van der Waals surface area contributed by atoms with Crippen molar-refractivity contribution in [2.75, 3.05) is 33.5 Å². The van der Waals surface area contributed by atoms with Gasteiger partial charge in [0.15, 0.2) is 0 Å². The van der Waals surface area contributed by atoms with Crippen LogP contribution in [0.2, 0.25) is 0 Å². The minimum absolute atomic E-state index is 0. The van der Waals surface area contributed by atoms with Crippen LogP contribution in [0.3, 0.4) is 0 Å². The Kier molecular flexibility index (Phi) is 39.3. The van der Waals surface area contributed by atoms with E-state index in [1.54, 1.807) is 13.8 Å². The lowest BCUT2D eigenvalue weighted by Gasteiger charge is -2.01. The van der Waals surface area contributed by atoms with Crippen molar-refractivity contribution in [3.8, 4) is 0 Å². The van der Waals surface area contributed by atoms with Crippen LogP contribution in [0.5, 0.6) is 0 Å². The number of methoxy groups -OCH3 is 1. The Bertz CT molecular complexity index is 744. The fraction of sp³-hybridized carbons (Fsp3) is 0.483. The van der Waals surface area contributed by atoms with Gasteiger partial charge in [0, 0.05) is 29.4 Å². The molecule has 0 aromatic rings. The highest BCUT2D eigenvalue weighted by Gasteiger charge is 2.00. The Morgan fingerprint density at radius 1 is 0.590 bits per heavy atom. The smallest absolute Gasteiger partial charge is 0.333 e. The number of rotatable bonds is 14. The minimum atomic E-state index is -0.537. The van der Waals surface area contributed by atoms with Gasteiger partial charge in [0.05, 0.1) is 20.3 Å². The van der Waals surface area contributed by atoms with Crippen LogP contribution < -0.4 is 0 Å². The second-order valence-corrected chi connectivity index (χ2v) is 7.01. The van der Waals surface area contributed by atoms with Crippen LogP contribution in [0.25, 0.3) is 0 Å². The summed E-state index contributed by atoms with van der Waals surface area (Å²) < 4.78 is 22.8. The maximum atomic E-state index is 10.7. The monoisotopic (exact) mass is 556 g/mol. The number of ether oxygens (including phenoxy) is 5. The van der Waals surface area contributed by atoms with E-state index in [-0.39, 0.29) is 38.5 Å². The number of carbonyl (C=O) groups is 5. The molecule has 0 amide bonds. The van der Waals surface area contributed by atoms with Gasteiger partial charge in [0.1, 0.15) is 13.2 Å². The van der Waals surface area contributed by atoms with Crippen molar-refractivity contribution in [3.05, 3.63) is 62.3 Å². The zero-order chi connectivity index (χ0) is 30.4. The predicted octanol–water partition coefficient (Wildman–Crippen LogP) is 5.24. The first-order valence-electron chi connectivity index (χ1n) is 11.8. The Balaban J connectivity index is -0.000000133. The Morgan fingerprint density at radius 2 is 0.897 bits per heavy atom. The van der Waals surface area contributed by atoms with Crippen LogP contribution in [0.1, 0.15) is 60.8 Å². The summed E-state index contributed by atoms with van der Waals surface area (Å²) in [6.45, 7) is 24.9. The first kappa shape index (κ1) is 45.0. The van der Waals surface area contributed by atoms with E-state index in [9.17, 15) is 24.0 Å². The molecule has 0 bridgehead atoms. The molecule has 224 valence electrons. The molecule has 0 atom stereocenters. The topological polar surface area (TPSA) is 132 Å². The number of carbonyl (C=O) groups excluding carboxylic acids is 5. The average Bonchev–Trinajstić information content (AvgIpc) is 2.91. The molecular formula is C29H48O10. The van der Waals surface area contributed by atoms with E-state index in [2.05, 4.69) is 58.8 Å². The molecule has 0 aliphatic carbocycles. The van der Waals surface area contributed by atoms with Crippen LogP contribution >= 0.6 is 0 Å². The van der Waals surface area contributed by atoms with Crippen molar-refractivity contribution in [3.63, 3.8) is 0 Å². The molecule has 0 spiro atoms. The summed E-state index contributed by atoms with van der Waals surface area (Å²) in [4.78, 5) is 52.1. The molecule has 10 heteroatoms. The summed E-state index contributed by atoms with van der Waals surface area (Å²) in [7, 11) is 1.33. The highest BCUT2D eigenvalue weighted by atomic mass is 16.6. The molecule has 0 aromatic carbocycles. The minimum Gasteiger partial charge on any atom is -0.466 e. The molecule has 0 aliphatic heterocycles. The molecule has 0 rings (SSSR count). The zero-order valence-corrected chi connectivity index (χ0v) is 23.5. The predicted molar refractivity (Wildman–Crippen MR) is 153 cm³/mol. The van der Waals surface area contributed by atoms with Gasteiger partial charge in [-0.1, -0.05) is 67.0 Å². The van der Waals surface area contributed by atoms with Gasteiger partial charge in [-0.05, 0) is 26.7 Å². The lowest BCUT2D eigenvalue weighted by Crippen LogP contribution is -2.10. The zero-order valence-electron chi connectivity index (χ0n) is 23.5. The van der Waals surface area contributed by atoms with Gasteiger partial charge < -0.3 is 23.7 Å². The lowest BCUT2D eigenvalue weighted by molar-refractivity contribution is -0.146. The lowest BCUT2D eigenvalue weighted by atomic mass is 10.3. The Labute approximate surface area is 234 Å². The molecule has 0 unspecified atom stereocenters. The Hall–Kier alpha value is -3.95. The summed E-state index contributed by atoms with van der Waals surface area (Å²) in [5.74, 6) is -2.04. The fourth-order valence-electron chi connectivity index (χ4n) is 1.39. The largest absolute Gasteiger partial charge is 0.466 e. The average molecular weight is 557 g/mol. The first-order valence-corrected chi connectivity index (χ1v) is 11.8. The van der Waals surface area contributed by atoms with Gasteiger partial charge in [-0.25, -0.2) is 24.0 Å². The van der Waals surface area contributed by atoms with E-state index in [1.165, 1.54) is 13.2 Å². The van der Waals surface area contributed by atoms with Crippen molar-refractivity contribution < 1.29 is 47.7 Å². The fourth-order valence-corrected chi connectivity index (χ4v) is 1.39. The third kappa shape index (κ3) is 41.4. The van der Waals surface area contributed by atoms with Gasteiger partial charge in [-0.15, -0.1) is 0 Å². The molecular weight excluding hydrogens is 508 g/mol. The maximum absolute atomic E-state index is 10.7. The summed E-state index contributed by atoms with van der Waals surface area (Å²) in [5.41, 5.74) is 0.901. The standard InChI is InChI=1S/C8H10O4.C8H14O2.C7H12O2.C5H8O2.CH4/c1-3-7(9)11-5-6-12-8(10)4-2;1-4-5-6-10-8(9)7(2)3;1-3-5-6-9-7(8)4-2;1-4(2)5(6)7-3;/h3-4H,1-2,5-6H2;2,4-6H2,1,3H3;4H,2-3,5-6H2,1H3;1H2,2-3H3;1H4. The molecule has 10 nitrogen and oxygen atoms in total. The number of unbranched alkanes of at least 4 members (excludes halogenated alkanes) is 2. The molecule has 0 saturated carbocycles. The molecule has 0 aliphatic rings. The van der Waals surface area contributed by atoms with E-state index >= 15 is 0 Å². The second kappa shape index (κ2) is 34.0. The second-order valence-electron chi connectivity index (χ2n) is 7.01. The molecule has 0 heterocycles. The van der Waals surface area contributed by atoms with Gasteiger partial charge in [-0.2, -0.15) is 0 Å². The van der Waals surface area contributed by atoms with E-state index in [0.29, 0.717) is 24.4 Å². The summed E-state index contributed by atoms with van der Waals surface area (Å²) in [6.07, 6.45) is 7.20. The summed E-state index contributed by atoms with van der Waals surface area (Å²) in [5, 5.41) is 0. The third-order valence-corrected chi connectivity index (χ3v) is 3.43. The summed E-state index contributed by atoms with van der Waals surface area (Å²) in [6, 6.07) is 0. The van der Waals surface area contributed by atoms with Crippen LogP contribution in [-0.2, 0) is 47.7 Å². The van der Waals surface area contributed by atoms with Crippen molar-refractivity contribution >= 4 is 29.8 Å². The molecule has 39 heavy (non-hydrogen) atoms. The highest BCUT2D eigenvalue weighted by Crippen LogP contribution is 1.94. The van der Waals surface area contributed by atoms with Crippen molar-refractivity contribution in [1.82, 2.24) is 0 Å². The Morgan fingerprint density at radius 3 is 1.13 bits per heavy atom. The van der Waals surface area contributed by atoms with E-state index in [0.717, 1.165) is 37.8 Å². The number of hydrogen-bond acceptors (Lipinski definition) is 10. The van der Waals surface area contributed by atoms with Crippen molar-refractivity contribution in [2.24, 2.45) is 0 Å². The normalized spacial score (nSPS) is 8.23. The maximum Gasteiger partial charge on any atom is 0.333 e. The van der Waals surface area contributed by atoms with Gasteiger partial charge in [0.25, 0.3) is 0 Å². The van der Waals surface area contributed by atoms with Crippen molar-refractivity contribution in [1.29, 1.82) is 0 Å². The van der Waals surface area contributed by atoms with Gasteiger partial charge in [0.2, 0.25) is 0 Å². The van der Waals surface area contributed by atoms with Crippen LogP contribution in [0.15, 0.2) is 62.3 Å². The molecule has 0 radical (unpaired) electrons. The number of hydrogen-bond donors (Lipinski definition) is 0. The SMILES string of the molecule is C.C=C(C)C(=O)OC.C=C(C)C(=O)OCCCC.C=CC(=O)OCCCC.C=CC(=O)OCCOC(=O)C=C. The van der Waals surface area contributed by atoms with Crippen LogP contribution in [0.4, 0.5) is 0 Å². The number of esters is 5. The van der Waals surface area contributed by atoms with E-state index in [4.69, 9.17) is 4.74 Å².